The van der Waals surface area contributed by atoms with Gasteiger partial charge in [-0.3, -0.25) is 0 Å². The van der Waals surface area contributed by atoms with E-state index in [4.69, 9.17) is 10.5 Å². The van der Waals surface area contributed by atoms with Crippen molar-refractivity contribution in [2.24, 2.45) is 11.7 Å². The molecule has 2 nitrogen and oxygen atoms in total. The molecule has 16 heavy (non-hydrogen) atoms. The molecule has 4 atom stereocenters. The summed E-state index contributed by atoms with van der Waals surface area (Å²) in [5.74, 6) is 1.33. The smallest absolute Gasteiger partial charge is 0.0558 e. The summed E-state index contributed by atoms with van der Waals surface area (Å²) in [6.45, 7) is 2.08. The molecule has 0 heterocycles. The molecule has 1 aromatic carbocycles. The predicted molar refractivity (Wildman–Crippen MR) is 66.4 cm³/mol. The van der Waals surface area contributed by atoms with Crippen molar-refractivity contribution in [2.75, 3.05) is 7.11 Å². The van der Waals surface area contributed by atoms with E-state index in [2.05, 4.69) is 37.3 Å². The maximum atomic E-state index is 6.20. The lowest BCUT2D eigenvalue weighted by atomic mass is 10.0. The maximum absolute atomic E-state index is 6.20. The normalized spacial score (nSPS) is 27.4. The fourth-order valence-electron chi connectivity index (χ4n) is 2.43. The van der Waals surface area contributed by atoms with Crippen LogP contribution in [0.15, 0.2) is 30.3 Å². The van der Waals surface area contributed by atoms with Crippen molar-refractivity contribution in [3.63, 3.8) is 0 Å². The number of nitrogens with two attached hydrogens (primary N) is 1. The highest BCUT2D eigenvalue weighted by Gasteiger charge is 2.42. The van der Waals surface area contributed by atoms with Gasteiger partial charge in [0.1, 0.15) is 0 Å². The van der Waals surface area contributed by atoms with Crippen LogP contribution in [0.2, 0.25) is 0 Å². The number of rotatable bonds is 5. The van der Waals surface area contributed by atoms with E-state index >= 15 is 0 Å². The van der Waals surface area contributed by atoms with Crippen LogP contribution in [0.25, 0.3) is 0 Å². The monoisotopic (exact) mass is 219 g/mol. The Morgan fingerprint density at radius 2 is 2.06 bits per heavy atom. The Balaban J connectivity index is 1.87. The first-order valence-corrected chi connectivity index (χ1v) is 6.05. The summed E-state index contributed by atoms with van der Waals surface area (Å²) >= 11 is 0. The van der Waals surface area contributed by atoms with E-state index < -0.39 is 0 Å². The fraction of sp³-hybridized carbons (Fsp3) is 0.571. The van der Waals surface area contributed by atoms with Crippen molar-refractivity contribution in [3.8, 4) is 0 Å². The van der Waals surface area contributed by atoms with E-state index in [9.17, 15) is 0 Å². The molecule has 0 aliphatic heterocycles. The molecule has 1 aromatic rings. The van der Waals surface area contributed by atoms with E-state index in [-0.39, 0.29) is 12.1 Å². The molecule has 2 N–H and O–H groups in total. The number of ether oxygens (including phenoxy) is 1. The van der Waals surface area contributed by atoms with Gasteiger partial charge in [-0.1, -0.05) is 30.3 Å². The Hall–Kier alpha value is -0.860. The van der Waals surface area contributed by atoms with Gasteiger partial charge in [-0.25, -0.2) is 0 Å². The second kappa shape index (κ2) is 4.98. The minimum absolute atomic E-state index is 0.270. The number of hydrogen-bond donors (Lipinski definition) is 1. The standard InChI is InChI=1S/C14H21NO/c1-10(16-2)8-14(15)13-9-12(13)11-6-4-3-5-7-11/h3-7,10,12-14H,8-9,15H2,1-2H3. The largest absolute Gasteiger partial charge is 0.382 e. The highest BCUT2D eigenvalue weighted by atomic mass is 16.5. The van der Waals surface area contributed by atoms with Crippen LogP contribution in [0.4, 0.5) is 0 Å². The zero-order valence-corrected chi connectivity index (χ0v) is 10.1. The van der Waals surface area contributed by atoms with Gasteiger partial charge in [0.05, 0.1) is 6.10 Å². The van der Waals surface area contributed by atoms with Gasteiger partial charge in [0, 0.05) is 13.2 Å². The average Bonchev–Trinajstić information content (AvgIpc) is 3.10. The molecule has 2 heteroatoms. The van der Waals surface area contributed by atoms with Crippen molar-refractivity contribution < 1.29 is 4.74 Å². The second-order valence-corrected chi connectivity index (χ2v) is 4.86. The molecule has 1 fully saturated rings. The minimum Gasteiger partial charge on any atom is -0.382 e. The lowest BCUT2D eigenvalue weighted by Crippen LogP contribution is -2.28. The van der Waals surface area contributed by atoms with E-state index in [0.717, 1.165) is 6.42 Å². The van der Waals surface area contributed by atoms with Crippen LogP contribution in [-0.2, 0) is 4.74 Å². The van der Waals surface area contributed by atoms with Gasteiger partial charge in [0.15, 0.2) is 0 Å². The van der Waals surface area contributed by atoms with Gasteiger partial charge in [0.25, 0.3) is 0 Å². The fourth-order valence-corrected chi connectivity index (χ4v) is 2.43. The zero-order valence-electron chi connectivity index (χ0n) is 10.1. The molecule has 0 bridgehead atoms. The number of benzene rings is 1. The molecule has 4 unspecified atom stereocenters. The first kappa shape index (κ1) is 11.6. The van der Waals surface area contributed by atoms with Gasteiger partial charge < -0.3 is 10.5 Å². The van der Waals surface area contributed by atoms with Crippen LogP contribution in [0.5, 0.6) is 0 Å². The van der Waals surface area contributed by atoms with Crippen molar-refractivity contribution in [2.45, 2.75) is 37.8 Å². The lowest BCUT2D eigenvalue weighted by molar-refractivity contribution is 0.102. The van der Waals surface area contributed by atoms with E-state index in [1.165, 1.54) is 12.0 Å². The van der Waals surface area contributed by atoms with Crippen LogP contribution in [-0.4, -0.2) is 19.3 Å². The Bertz CT molecular complexity index is 325. The molecule has 1 aliphatic carbocycles. The maximum Gasteiger partial charge on any atom is 0.0558 e. The third kappa shape index (κ3) is 2.63. The van der Waals surface area contributed by atoms with Gasteiger partial charge >= 0.3 is 0 Å². The molecule has 2 rings (SSSR count). The van der Waals surface area contributed by atoms with Crippen LogP contribution in [0, 0.1) is 5.92 Å². The molecule has 0 spiro atoms. The Labute approximate surface area is 97.8 Å². The zero-order chi connectivity index (χ0) is 11.5. The molecular weight excluding hydrogens is 198 g/mol. The first-order valence-electron chi connectivity index (χ1n) is 6.05. The van der Waals surface area contributed by atoms with E-state index in [1.54, 1.807) is 7.11 Å². The number of hydrogen-bond acceptors (Lipinski definition) is 2. The quantitative estimate of drug-likeness (QED) is 0.826. The molecular formula is C14H21NO. The highest BCUT2D eigenvalue weighted by molar-refractivity contribution is 5.26. The van der Waals surface area contributed by atoms with Crippen LogP contribution in [0.3, 0.4) is 0 Å². The Morgan fingerprint density at radius 3 is 2.69 bits per heavy atom. The lowest BCUT2D eigenvalue weighted by Gasteiger charge is -2.16. The third-order valence-corrected chi connectivity index (χ3v) is 3.62. The molecule has 0 radical (unpaired) electrons. The third-order valence-electron chi connectivity index (χ3n) is 3.62. The Kier molecular flexibility index (Phi) is 3.62. The molecule has 0 saturated heterocycles. The average molecular weight is 219 g/mol. The van der Waals surface area contributed by atoms with Gasteiger partial charge in [-0.05, 0) is 37.2 Å². The van der Waals surface area contributed by atoms with E-state index in [0.29, 0.717) is 11.8 Å². The summed E-state index contributed by atoms with van der Waals surface area (Å²) in [4.78, 5) is 0. The van der Waals surface area contributed by atoms with Crippen LogP contribution < -0.4 is 5.73 Å². The molecule has 88 valence electrons. The number of methoxy groups -OCH3 is 1. The molecule has 0 aromatic heterocycles. The minimum atomic E-state index is 0.270. The van der Waals surface area contributed by atoms with Crippen molar-refractivity contribution >= 4 is 0 Å². The summed E-state index contributed by atoms with van der Waals surface area (Å²) in [6.07, 6.45) is 2.47. The van der Waals surface area contributed by atoms with Crippen LogP contribution >= 0.6 is 0 Å². The topological polar surface area (TPSA) is 35.2 Å². The van der Waals surface area contributed by atoms with Crippen molar-refractivity contribution in [3.05, 3.63) is 35.9 Å². The van der Waals surface area contributed by atoms with E-state index in [1.807, 2.05) is 0 Å². The summed E-state index contributed by atoms with van der Waals surface area (Å²) in [6, 6.07) is 11.0. The highest BCUT2D eigenvalue weighted by Crippen LogP contribution is 2.49. The second-order valence-electron chi connectivity index (χ2n) is 4.86. The summed E-state index contributed by atoms with van der Waals surface area (Å²) in [5, 5.41) is 0. The van der Waals surface area contributed by atoms with Gasteiger partial charge in [0.2, 0.25) is 0 Å². The summed E-state index contributed by atoms with van der Waals surface area (Å²) in [5.41, 5.74) is 7.64. The van der Waals surface area contributed by atoms with Crippen molar-refractivity contribution in [1.82, 2.24) is 0 Å². The summed E-state index contributed by atoms with van der Waals surface area (Å²) in [7, 11) is 1.75. The van der Waals surface area contributed by atoms with Gasteiger partial charge in [-0.2, -0.15) is 0 Å². The molecule has 1 aliphatic rings. The molecule has 0 amide bonds. The molecule has 1 saturated carbocycles. The van der Waals surface area contributed by atoms with Crippen molar-refractivity contribution in [1.29, 1.82) is 0 Å². The predicted octanol–water partition coefficient (Wildman–Crippen LogP) is 2.54. The SMILES string of the molecule is COC(C)CC(N)C1CC1c1ccccc1. The first-order chi connectivity index (χ1) is 7.72. The van der Waals surface area contributed by atoms with Crippen LogP contribution in [0.1, 0.15) is 31.2 Å². The van der Waals surface area contributed by atoms with Gasteiger partial charge in [-0.15, -0.1) is 0 Å². The summed E-state index contributed by atoms with van der Waals surface area (Å²) < 4.78 is 5.26. The Morgan fingerprint density at radius 1 is 1.38 bits per heavy atom.